The van der Waals surface area contributed by atoms with Crippen molar-refractivity contribution in [1.29, 1.82) is 0 Å². The monoisotopic (exact) mass is 492 g/mol. The number of carbonyl (C=O) groups is 1. The highest BCUT2D eigenvalue weighted by atomic mass is 32.2. The zero-order valence-corrected chi connectivity index (χ0v) is 20.0. The minimum atomic E-state index is -2.74. The summed E-state index contributed by atoms with van der Waals surface area (Å²) >= 11 is -2.74. The summed E-state index contributed by atoms with van der Waals surface area (Å²) in [7, 11) is 3.07. The predicted molar refractivity (Wildman–Crippen MR) is 134 cm³/mol. The maximum absolute atomic E-state index is 12.4. The molecule has 0 spiro atoms. The number of ether oxygens (including phenoxy) is 2. The minimum Gasteiger partial charge on any atom is -0.755 e. The van der Waals surface area contributed by atoms with E-state index in [1.807, 2.05) is 6.07 Å². The number of nitrogens with one attached hydrogen (secondary N) is 2. The van der Waals surface area contributed by atoms with Gasteiger partial charge in [0.05, 0.1) is 42.2 Å². The molecule has 0 aliphatic heterocycles. The maximum Gasteiger partial charge on any atom is 0.221 e. The summed E-state index contributed by atoms with van der Waals surface area (Å²) in [5.74, 6) is 1.11. The number of rotatable bonds is 8. The molecule has 0 aliphatic rings. The van der Waals surface area contributed by atoms with Crippen molar-refractivity contribution >= 4 is 56.9 Å². The first-order valence-electron chi connectivity index (χ1n) is 10.4. The van der Waals surface area contributed by atoms with Gasteiger partial charge in [0, 0.05) is 36.5 Å². The Morgan fingerprint density at radius 3 is 2.06 bits per heavy atom. The van der Waals surface area contributed by atoms with Crippen LogP contribution in [0.25, 0.3) is 11.0 Å². The fraction of sp³-hybridized carbons (Fsp3) is 0.125. The molecule has 4 rings (SSSR count). The average molecular weight is 493 g/mol. The molecule has 180 valence electrons. The molecule has 0 fully saturated rings. The zero-order valence-electron chi connectivity index (χ0n) is 19.1. The van der Waals surface area contributed by atoms with Gasteiger partial charge in [0.25, 0.3) is 0 Å². The number of fused-ring (bicyclic) bond motifs is 1. The van der Waals surface area contributed by atoms with Crippen LogP contribution in [-0.4, -0.2) is 38.9 Å². The molecule has 0 aliphatic carbocycles. The first kappa shape index (κ1) is 23.9. The highest BCUT2D eigenvalue weighted by Crippen LogP contribution is 2.35. The second-order valence-corrected chi connectivity index (χ2v) is 8.15. The molecule has 0 bridgehead atoms. The van der Waals surface area contributed by atoms with Crippen molar-refractivity contribution in [2.75, 3.05) is 29.2 Å². The van der Waals surface area contributed by atoms with Crippen molar-refractivity contribution in [3.05, 3.63) is 66.7 Å². The van der Waals surface area contributed by atoms with E-state index < -0.39 is 11.3 Å². The van der Waals surface area contributed by atoms with Crippen molar-refractivity contribution in [3.63, 3.8) is 0 Å². The van der Waals surface area contributed by atoms with E-state index in [4.69, 9.17) is 9.47 Å². The van der Waals surface area contributed by atoms with Gasteiger partial charge in [-0.25, -0.2) is 9.97 Å². The summed E-state index contributed by atoms with van der Waals surface area (Å²) in [6.07, 6.45) is 0. The van der Waals surface area contributed by atoms with Crippen LogP contribution in [0.15, 0.2) is 66.7 Å². The fourth-order valence-corrected chi connectivity index (χ4v) is 3.96. The Morgan fingerprint density at radius 2 is 1.51 bits per heavy atom. The summed E-state index contributed by atoms with van der Waals surface area (Å²) < 4.78 is 36.5. The second-order valence-electron chi connectivity index (χ2n) is 7.35. The quantitative estimate of drug-likeness (QED) is 0.349. The molecule has 0 saturated heterocycles. The van der Waals surface area contributed by atoms with Crippen molar-refractivity contribution in [2.24, 2.45) is 0 Å². The molecule has 10 nitrogen and oxygen atoms in total. The number of carbonyl (C=O) groups excluding carboxylic acids is 1. The molecular formula is C24H22N5O5S-. The fourth-order valence-electron chi connectivity index (χ4n) is 3.39. The largest absolute Gasteiger partial charge is 0.755 e. The Kier molecular flexibility index (Phi) is 7.09. The van der Waals surface area contributed by atoms with Gasteiger partial charge in [-0.05, 0) is 36.4 Å². The van der Waals surface area contributed by atoms with Crippen molar-refractivity contribution in [1.82, 2.24) is 9.97 Å². The van der Waals surface area contributed by atoms with Gasteiger partial charge in [-0.1, -0.05) is 12.1 Å². The van der Waals surface area contributed by atoms with Crippen LogP contribution in [0.5, 0.6) is 11.5 Å². The summed E-state index contributed by atoms with van der Waals surface area (Å²) in [5.41, 5.74) is 2.49. The van der Waals surface area contributed by atoms with E-state index in [1.165, 1.54) is 21.1 Å². The Bertz CT molecular complexity index is 1370. The van der Waals surface area contributed by atoms with E-state index in [-0.39, 0.29) is 17.5 Å². The lowest BCUT2D eigenvalue weighted by molar-refractivity contribution is -0.114. The first-order valence-corrected chi connectivity index (χ1v) is 11.4. The summed E-state index contributed by atoms with van der Waals surface area (Å²) in [4.78, 5) is 20.6. The Labute approximate surface area is 204 Å². The summed E-state index contributed by atoms with van der Waals surface area (Å²) in [6.45, 7) is 1.39. The molecule has 1 aromatic heterocycles. The van der Waals surface area contributed by atoms with Crippen molar-refractivity contribution in [2.45, 2.75) is 6.92 Å². The Hall–Kier alpha value is -4.22. The van der Waals surface area contributed by atoms with Gasteiger partial charge in [0.1, 0.15) is 11.5 Å². The standard InChI is InChI=1S/C24H23N5O5S/c1-15(30)25-16-8-10-18(11-9-16)29(35(31)32)24-23(27-21-6-4-5-7-22(21)28-24)26-17-12-19(33-2)14-20(13-17)34-3/h4-14H,1-3H3,(H,25,30)(H,26,27)(H,31,32)/p-1. The third-order valence-electron chi connectivity index (χ3n) is 4.93. The van der Waals surface area contributed by atoms with Crippen LogP contribution in [0.3, 0.4) is 0 Å². The van der Waals surface area contributed by atoms with E-state index in [1.54, 1.807) is 60.7 Å². The topological polar surface area (TPSA) is 129 Å². The lowest BCUT2D eigenvalue weighted by Gasteiger charge is -2.27. The van der Waals surface area contributed by atoms with Gasteiger partial charge in [0.15, 0.2) is 11.6 Å². The number of hydrogen-bond donors (Lipinski definition) is 2. The van der Waals surface area contributed by atoms with Crippen LogP contribution in [0.2, 0.25) is 0 Å². The number of aromatic nitrogens is 2. The zero-order chi connectivity index (χ0) is 24.9. The number of methoxy groups -OCH3 is 2. The number of anilines is 5. The molecule has 4 aromatic rings. The van der Waals surface area contributed by atoms with Gasteiger partial charge in [-0.15, -0.1) is 0 Å². The third kappa shape index (κ3) is 5.48. The Balaban J connectivity index is 1.84. The number of benzene rings is 3. The normalized spacial score (nSPS) is 11.5. The number of para-hydroxylation sites is 2. The molecule has 1 unspecified atom stereocenters. The van der Waals surface area contributed by atoms with Gasteiger partial charge in [0.2, 0.25) is 5.91 Å². The van der Waals surface area contributed by atoms with Crippen molar-refractivity contribution < 1.29 is 23.0 Å². The number of hydrogen-bond acceptors (Lipinski definition) is 8. The van der Waals surface area contributed by atoms with Crippen LogP contribution in [0.4, 0.5) is 28.7 Å². The number of amides is 1. The average Bonchev–Trinajstić information content (AvgIpc) is 2.84. The second kappa shape index (κ2) is 10.4. The van der Waals surface area contributed by atoms with Crippen LogP contribution in [0.1, 0.15) is 6.92 Å². The van der Waals surface area contributed by atoms with Gasteiger partial charge < -0.3 is 24.7 Å². The Morgan fingerprint density at radius 1 is 0.914 bits per heavy atom. The first-order chi connectivity index (χ1) is 16.9. The highest BCUT2D eigenvalue weighted by molar-refractivity contribution is 7.81. The van der Waals surface area contributed by atoms with E-state index in [9.17, 15) is 13.6 Å². The van der Waals surface area contributed by atoms with Gasteiger partial charge in [-0.2, -0.15) is 0 Å². The molecule has 11 heteroatoms. The van der Waals surface area contributed by atoms with E-state index in [0.717, 1.165) is 4.31 Å². The van der Waals surface area contributed by atoms with Crippen LogP contribution < -0.4 is 24.4 Å². The number of nitrogens with zero attached hydrogens (tertiary/aromatic N) is 3. The highest BCUT2D eigenvalue weighted by Gasteiger charge is 2.20. The van der Waals surface area contributed by atoms with Crippen molar-refractivity contribution in [3.8, 4) is 11.5 Å². The molecule has 3 aromatic carbocycles. The van der Waals surface area contributed by atoms with Crippen LogP contribution in [0, 0.1) is 0 Å². The third-order valence-corrected chi connectivity index (χ3v) is 5.61. The van der Waals surface area contributed by atoms with E-state index >= 15 is 0 Å². The minimum absolute atomic E-state index is 0.0612. The maximum atomic E-state index is 12.4. The van der Waals surface area contributed by atoms with E-state index in [2.05, 4.69) is 20.6 Å². The molecule has 2 N–H and O–H groups in total. The SMILES string of the molecule is COc1cc(Nc2nc3ccccc3nc2N(c2ccc(NC(C)=O)cc2)S(=O)[O-])cc(OC)c1. The van der Waals surface area contributed by atoms with Gasteiger partial charge in [-0.3, -0.25) is 13.3 Å². The lowest BCUT2D eigenvalue weighted by Crippen LogP contribution is -2.22. The molecular weight excluding hydrogens is 470 g/mol. The molecule has 35 heavy (non-hydrogen) atoms. The van der Waals surface area contributed by atoms with E-state index in [0.29, 0.717) is 39.6 Å². The molecule has 0 saturated carbocycles. The summed E-state index contributed by atoms with van der Waals surface area (Å²) in [5, 5.41) is 5.81. The lowest BCUT2D eigenvalue weighted by atomic mass is 10.2. The molecule has 1 heterocycles. The molecule has 1 atom stereocenters. The molecule has 1 amide bonds. The summed E-state index contributed by atoms with van der Waals surface area (Å²) in [6, 6.07) is 18.6. The smallest absolute Gasteiger partial charge is 0.221 e. The molecule has 0 radical (unpaired) electrons. The van der Waals surface area contributed by atoms with Gasteiger partial charge >= 0.3 is 0 Å². The van der Waals surface area contributed by atoms with Crippen LogP contribution >= 0.6 is 0 Å². The predicted octanol–water partition coefficient (Wildman–Crippen LogP) is 4.28. The van der Waals surface area contributed by atoms with Crippen LogP contribution in [-0.2, 0) is 16.1 Å².